The average molecular weight is 359 g/mol. The molecule has 1 aromatic carbocycles. The molecule has 0 spiro atoms. The van der Waals surface area contributed by atoms with Gasteiger partial charge in [0.2, 0.25) is 0 Å². The number of carbonyl (C=O) groups is 1. The van der Waals surface area contributed by atoms with E-state index in [1.54, 1.807) is 24.4 Å². The molecule has 0 atom stereocenters. The van der Waals surface area contributed by atoms with Crippen molar-refractivity contribution in [3.8, 4) is 22.5 Å². The normalized spacial score (nSPS) is 11.1. The number of carbonyl (C=O) groups excluding carboxylic acids is 1. The van der Waals surface area contributed by atoms with E-state index < -0.39 is 0 Å². The van der Waals surface area contributed by atoms with Crippen molar-refractivity contribution in [2.45, 2.75) is 20.8 Å². The minimum absolute atomic E-state index is 0.262. The highest BCUT2D eigenvalue weighted by atomic mass is 35.5. The van der Waals surface area contributed by atoms with E-state index in [2.05, 4.69) is 15.6 Å². The third-order valence-corrected chi connectivity index (χ3v) is 3.95. The Labute approximate surface area is 150 Å². The molecule has 2 aromatic heterocycles. The summed E-state index contributed by atoms with van der Waals surface area (Å²) in [6.07, 6.45) is 1.63. The topological polar surface area (TPSA) is 73.0 Å². The van der Waals surface area contributed by atoms with Crippen LogP contribution < -0.4 is 5.32 Å². The summed E-state index contributed by atoms with van der Waals surface area (Å²) in [6.45, 7) is 6.48. The van der Waals surface area contributed by atoms with Crippen molar-refractivity contribution in [1.29, 1.82) is 0 Å². The molecular formula is C18H19ClN4O2. The maximum absolute atomic E-state index is 12.1. The van der Waals surface area contributed by atoms with Gasteiger partial charge in [0.15, 0.2) is 0 Å². The van der Waals surface area contributed by atoms with Crippen molar-refractivity contribution in [2.75, 3.05) is 6.54 Å². The van der Waals surface area contributed by atoms with Gasteiger partial charge in [-0.3, -0.25) is 0 Å². The van der Waals surface area contributed by atoms with E-state index >= 15 is 0 Å². The standard InChI is InChI=1S/C18H19ClN4O2/c1-11(2)10-20-18(24)23-9-8-15(21-23)16-12(3)25-22-17(16)13-4-6-14(19)7-5-13/h4-9,11H,10H2,1-3H3,(H,20,24). The summed E-state index contributed by atoms with van der Waals surface area (Å²) in [7, 11) is 0. The Hall–Kier alpha value is -2.60. The SMILES string of the molecule is Cc1onc(-c2ccc(Cl)cc2)c1-c1ccn(C(=O)NCC(C)C)n1. The van der Waals surface area contributed by atoms with Crippen molar-refractivity contribution in [2.24, 2.45) is 5.92 Å². The van der Waals surface area contributed by atoms with Crippen molar-refractivity contribution >= 4 is 17.6 Å². The maximum atomic E-state index is 12.1. The molecule has 0 aliphatic heterocycles. The van der Waals surface area contributed by atoms with E-state index in [-0.39, 0.29) is 6.03 Å². The van der Waals surface area contributed by atoms with Crippen LogP contribution in [0.2, 0.25) is 5.02 Å². The molecule has 0 saturated carbocycles. The van der Waals surface area contributed by atoms with Gasteiger partial charge < -0.3 is 9.84 Å². The van der Waals surface area contributed by atoms with Gasteiger partial charge >= 0.3 is 6.03 Å². The fraction of sp³-hybridized carbons (Fsp3) is 0.278. The Morgan fingerprint density at radius 3 is 2.68 bits per heavy atom. The molecule has 0 saturated heterocycles. The van der Waals surface area contributed by atoms with Crippen LogP contribution in [-0.4, -0.2) is 27.5 Å². The predicted octanol–water partition coefficient (Wildman–Crippen LogP) is 4.38. The number of aryl methyl sites for hydroxylation is 1. The van der Waals surface area contributed by atoms with Crippen LogP contribution in [0.5, 0.6) is 0 Å². The van der Waals surface area contributed by atoms with Crippen LogP contribution in [0.1, 0.15) is 19.6 Å². The van der Waals surface area contributed by atoms with Crippen LogP contribution in [0.3, 0.4) is 0 Å². The predicted molar refractivity (Wildman–Crippen MR) is 96.5 cm³/mol. The molecule has 3 rings (SSSR count). The number of aromatic nitrogens is 3. The van der Waals surface area contributed by atoms with E-state index in [9.17, 15) is 4.79 Å². The lowest BCUT2D eigenvalue weighted by Crippen LogP contribution is -2.31. The number of amides is 1. The van der Waals surface area contributed by atoms with E-state index in [1.165, 1.54) is 4.68 Å². The minimum atomic E-state index is -0.262. The van der Waals surface area contributed by atoms with Gasteiger partial charge in [0.1, 0.15) is 11.5 Å². The molecule has 0 bridgehead atoms. The number of hydrogen-bond acceptors (Lipinski definition) is 4. The lowest BCUT2D eigenvalue weighted by molar-refractivity contribution is 0.238. The number of hydrogen-bond donors (Lipinski definition) is 1. The number of nitrogens with zero attached hydrogens (tertiary/aromatic N) is 3. The van der Waals surface area contributed by atoms with Crippen LogP contribution in [0, 0.1) is 12.8 Å². The Morgan fingerprint density at radius 2 is 2.00 bits per heavy atom. The van der Waals surface area contributed by atoms with Gasteiger partial charge in [0.05, 0.1) is 11.3 Å². The van der Waals surface area contributed by atoms with Crippen LogP contribution >= 0.6 is 11.6 Å². The molecule has 0 aliphatic carbocycles. The molecule has 2 heterocycles. The van der Waals surface area contributed by atoms with E-state index in [0.29, 0.717) is 34.6 Å². The van der Waals surface area contributed by atoms with E-state index in [0.717, 1.165) is 11.1 Å². The molecule has 0 radical (unpaired) electrons. The fourth-order valence-electron chi connectivity index (χ4n) is 2.42. The van der Waals surface area contributed by atoms with E-state index in [4.69, 9.17) is 16.1 Å². The average Bonchev–Trinajstić information content (AvgIpc) is 3.20. The largest absolute Gasteiger partial charge is 0.360 e. The van der Waals surface area contributed by atoms with Gasteiger partial charge in [0.25, 0.3) is 0 Å². The number of nitrogens with one attached hydrogen (secondary N) is 1. The summed E-state index contributed by atoms with van der Waals surface area (Å²) in [6, 6.07) is 8.84. The molecule has 130 valence electrons. The van der Waals surface area contributed by atoms with Gasteiger partial charge in [-0.1, -0.05) is 42.7 Å². The molecular weight excluding hydrogens is 340 g/mol. The second kappa shape index (κ2) is 7.11. The lowest BCUT2D eigenvalue weighted by atomic mass is 10.0. The summed E-state index contributed by atoms with van der Waals surface area (Å²) in [5.41, 5.74) is 2.93. The molecule has 0 aliphatic rings. The first kappa shape index (κ1) is 17.2. The zero-order valence-electron chi connectivity index (χ0n) is 14.3. The monoisotopic (exact) mass is 358 g/mol. The van der Waals surface area contributed by atoms with Crippen molar-refractivity contribution in [3.63, 3.8) is 0 Å². The molecule has 1 amide bonds. The summed E-state index contributed by atoms with van der Waals surface area (Å²) in [5.74, 6) is 1.01. The summed E-state index contributed by atoms with van der Waals surface area (Å²) in [4.78, 5) is 12.1. The summed E-state index contributed by atoms with van der Waals surface area (Å²) < 4.78 is 6.64. The van der Waals surface area contributed by atoms with Crippen LogP contribution in [0.25, 0.3) is 22.5 Å². The van der Waals surface area contributed by atoms with Crippen LogP contribution in [-0.2, 0) is 0 Å². The Morgan fingerprint density at radius 1 is 1.28 bits per heavy atom. The molecule has 1 N–H and O–H groups in total. The smallest absolute Gasteiger partial charge is 0.342 e. The minimum Gasteiger partial charge on any atom is -0.360 e. The highest BCUT2D eigenvalue weighted by Crippen LogP contribution is 2.33. The quantitative estimate of drug-likeness (QED) is 0.751. The Kier molecular flexibility index (Phi) is 4.90. The summed E-state index contributed by atoms with van der Waals surface area (Å²) >= 11 is 5.95. The number of halogens is 1. The third-order valence-electron chi connectivity index (χ3n) is 3.70. The molecule has 0 fully saturated rings. The number of rotatable bonds is 4. The fourth-order valence-corrected chi connectivity index (χ4v) is 2.55. The van der Waals surface area contributed by atoms with Crippen LogP contribution in [0.15, 0.2) is 41.1 Å². The maximum Gasteiger partial charge on any atom is 0.342 e. The molecule has 25 heavy (non-hydrogen) atoms. The molecule has 7 heteroatoms. The zero-order chi connectivity index (χ0) is 18.0. The van der Waals surface area contributed by atoms with Gasteiger partial charge in [-0.2, -0.15) is 9.78 Å². The highest BCUT2D eigenvalue weighted by molar-refractivity contribution is 6.30. The second-order valence-electron chi connectivity index (χ2n) is 6.19. The summed E-state index contributed by atoms with van der Waals surface area (Å²) in [5, 5.41) is 12.0. The number of benzene rings is 1. The Bertz CT molecular complexity index is 881. The second-order valence-corrected chi connectivity index (χ2v) is 6.63. The Balaban J connectivity index is 1.92. The first-order valence-electron chi connectivity index (χ1n) is 8.02. The van der Waals surface area contributed by atoms with Crippen molar-refractivity contribution in [1.82, 2.24) is 20.3 Å². The molecule has 3 aromatic rings. The first-order valence-corrected chi connectivity index (χ1v) is 8.40. The van der Waals surface area contributed by atoms with Crippen molar-refractivity contribution < 1.29 is 9.32 Å². The van der Waals surface area contributed by atoms with E-state index in [1.807, 2.05) is 32.9 Å². The van der Waals surface area contributed by atoms with Gasteiger partial charge in [-0.15, -0.1) is 0 Å². The van der Waals surface area contributed by atoms with Crippen LogP contribution in [0.4, 0.5) is 4.79 Å². The first-order chi connectivity index (χ1) is 12.0. The lowest BCUT2D eigenvalue weighted by Gasteiger charge is -2.06. The molecule has 6 nitrogen and oxygen atoms in total. The highest BCUT2D eigenvalue weighted by Gasteiger charge is 2.19. The molecule has 0 unspecified atom stereocenters. The third kappa shape index (κ3) is 3.74. The van der Waals surface area contributed by atoms with Gasteiger partial charge in [0, 0.05) is 23.3 Å². The zero-order valence-corrected chi connectivity index (χ0v) is 15.0. The van der Waals surface area contributed by atoms with Gasteiger partial charge in [-0.25, -0.2) is 4.79 Å². The van der Waals surface area contributed by atoms with Crippen molar-refractivity contribution in [3.05, 3.63) is 47.3 Å². The van der Waals surface area contributed by atoms with Gasteiger partial charge in [-0.05, 0) is 31.0 Å².